The minimum atomic E-state index is -2.86. The van der Waals surface area contributed by atoms with Gasteiger partial charge in [-0.15, -0.1) is 0 Å². The van der Waals surface area contributed by atoms with Gasteiger partial charge in [-0.3, -0.25) is 14.5 Å². The summed E-state index contributed by atoms with van der Waals surface area (Å²) in [6.45, 7) is 7.01. The monoisotopic (exact) mass is 591 g/mol. The van der Waals surface area contributed by atoms with E-state index in [-0.39, 0.29) is 35.4 Å². The van der Waals surface area contributed by atoms with Crippen molar-refractivity contribution in [2.45, 2.75) is 38.8 Å². The predicted molar refractivity (Wildman–Crippen MR) is 153 cm³/mol. The summed E-state index contributed by atoms with van der Waals surface area (Å²) in [5, 5.41) is 5.27. The van der Waals surface area contributed by atoms with Gasteiger partial charge in [-0.2, -0.15) is 0 Å². The fraction of sp³-hybridized carbons (Fsp3) is 0.533. The number of nitrogens with one attached hydrogen (secondary N) is 2. The van der Waals surface area contributed by atoms with Crippen molar-refractivity contribution < 1.29 is 31.9 Å². The average molecular weight is 592 g/mol. The van der Waals surface area contributed by atoms with Crippen molar-refractivity contribution in [2.24, 2.45) is 11.8 Å². The van der Waals surface area contributed by atoms with Gasteiger partial charge in [0.25, 0.3) is 0 Å². The highest BCUT2D eigenvalue weighted by Crippen LogP contribution is 2.38. The maximum atomic E-state index is 15.8. The second kappa shape index (κ2) is 12.5. The molecule has 3 saturated heterocycles. The lowest BCUT2D eigenvalue weighted by atomic mass is 9.85. The van der Waals surface area contributed by atoms with Gasteiger partial charge in [0.2, 0.25) is 18.2 Å². The molecular formula is C30H37F4N5O3. The van der Waals surface area contributed by atoms with Gasteiger partial charge in [-0.25, -0.2) is 17.6 Å². The number of anilines is 3. The van der Waals surface area contributed by atoms with Crippen molar-refractivity contribution in [1.82, 2.24) is 10.2 Å². The second-order valence-corrected chi connectivity index (χ2v) is 11.5. The van der Waals surface area contributed by atoms with E-state index in [0.29, 0.717) is 50.8 Å². The molecule has 0 saturated carbocycles. The van der Waals surface area contributed by atoms with Crippen LogP contribution in [-0.4, -0.2) is 88.2 Å². The van der Waals surface area contributed by atoms with Crippen molar-refractivity contribution in [2.75, 3.05) is 68.1 Å². The minimum Gasteiger partial charge on any atom is -0.378 e. The highest BCUT2D eigenvalue weighted by atomic mass is 19.3. The van der Waals surface area contributed by atoms with E-state index >= 15 is 8.78 Å². The normalized spacial score (nSPS) is 25.5. The van der Waals surface area contributed by atoms with Crippen molar-refractivity contribution >= 4 is 28.9 Å². The summed E-state index contributed by atoms with van der Waals surface area (Å²) in [7, 11) is 2.01. The van der Waals surface area contributed by atoms with E-state index in [0.717, 1.165) is 0 Å². The largest absolute Gasteiger partial charge is 0.378 e. The summed E-state index contributed by atoms with van der Waals surface area (Å²) in [6, 6.07) is 7.49. The van der Waals surface area contributed by atoms with Crippen LogP contribution in [0.25, 0.3) is 11.1 Å². The maximum absolute atomic E-state index is 15.8. The van der Waals surface area contributed by atoms with Crippen LogP contribution in [0.15, 0.2) is 30.3 Å². The molecule has 3 heterocycles. The zero-order valence-electron chi connectivity index (χ0n) is 24.0. The number of nitrogens with zero attached hydrogens (tertiary/aromatic N) is 3. The van der Waals surface area contributed by atoms with E-state index in [4.69, 9.17) is 4.74 Å². The molecule has 0 spiro atoms. The molecule has 12 heteroatoms. The number of ether oxygens (including phenoxy) is 1. The number of benzene rings is 2. The zero-order valence-corrected chi connectivity index (χ0v) is 24.0. The van der Waals surface area contributed by atoms with Crippen LogP contribution in [0.2, 0.25) is 0 Å². The van der Waals surface area contributed by atoms with Crippen molar-refractivity contribution in [3.63, 3.8) is 0 Å². The summed E-state index contributed by atoms with van der Waals surface area (Å²) in [4.78, 5) is 31.2. The molecule has 4 atom stereocenters. The Morgan fingerprint density at radius 2 is 1.69 bits per heavy atom. The molecule has 0 aromatic heterocycles. The molecular weight excluding hydrogens is 554 g/mol. The molecule has 2 unspecified atom stereocenters. The van der Waals surface area contributed by atoms with Gasteiger partial charge in [-0.05, 0) is 50.7 Å². The van der Waals surface area contributed by atoms with E-state index in [9.17, 15) is 18.4 Å². The molecule has 3 aliphatic rings. The number of likely N-dealkylation sites (N-methyl/N-ethyl adjacent to an activating group) is 1. The number of piperidine rings is 1. The third-order valence-electron chi connectivity index (χ3n) is 8.77. The average Bonchev–Trinajstić information content (AvgIpc) is 2.96. The summed E-state index contributed by atoms with van der Waals surface area (Å²) >= 11 is 0. The number of carbonyl (C=O) groups is 2. The molecule has 3 fully saturated rings. The van der Waals surface area contributed by atoms with Crippen LogP contribution in [0.4, 0.5) is 34.6 Å². The first-order valence-corrected chi connectivity index (χ1v) is 14.3. The first-order chi connectivity index (χ1) is 20.0. The highest BCUT2D eigenvalue weighted by molar-refractivity contribution is 5.98. The molecule has 8 nitrogen and oxygen atoms in total. The molecule has 3 aliphatic heterocycles. The summed E-state index contributed by atoms with van der Waals surface area (Å²) in [5.41, 5.74) is 1.39. The number of rotatable bonds is 6. The topological polar surface area (TPSA) is 77.1 Å². The Balaban J connectivity index is 1.51. The quantitative estimate of drug-likeness (QED) is 0.496. The van der Waals surface area contributed by atoms with Gasteiger partial charge in [0.15, 0.2) is 0 Å². The fourth-order valence-electron chi connectivity index (χ4n) is 6.06. The molecule has 2 N–H and O–H groups in total. The van der Waals surface area contributed by atoms with E-state index in [1.165, 1.54) is 18.2 Å². The summed E-state index contributed by atoms with van der Waals surface area (Å²) in [5.74, 6) is -4.94. The molecule has 2 amide bonds. The SMILES string of the molecule is C[C@@H]1CN(c2cc(F)c(-c3ccc(N4CCOCC4)c(F)c3)cc2NC(=O)C2CNC(=O)CC2C(F)F)C[C@H](C)N1C. The Morgan fingerprint density at radius 3 is 2.33 bits per heavy atom. The Kier molecular flexibility index (Phi) is 8.93. The van der Waals surface area contributed by atoms with Crippen LogP contribution < -0.4 is 20.4 Å². The fourth-order valence-corrected chi connectivity index (χ4v) is 6.06. The third kappa shape index (κ3) is 6.19. The maximum Gasteiger partial charge on any atom is 0.242 e. The van der Waals surface area contributed by atoms with Crippen LogP contribution in [0, 0.1) is 23.5 Å². The van der Waals surface area contributed by atoms with Gasteiger partial charge < -0.3 is 25.2 Å². The molecule has 0 bridgehead atoms. The number of morpholine rings is 1. The molecule has 5 rings (SSSR count). The number of halogens is 4. The van der Waals surface area contributed by atoms with Gasteiger partial charge in [0, 0.05) is 62.7 Å². The standard InChI is InChI=1S/C30H37F4N5O3/c1-17-15-39(16-18(2)37(17)3)27-13-23(31)20(19-4-5-26(24(32)10-19)38-6-8-42-9-7-38)11-25(27)36-30(41)22-14-35-28(40)12-21(22)29(33)34/h4-5,10-11,13,17-18,21-22,29H,6-9,12,14-16H2,1-3H3,(H,35,40)(H,36,41)/t17-,18+,21?,22?. The summed E-state index contributed by atoms with van der Waals surface area (Å²) < 4.78 is 64.0. The molecule has 0 aliphatic carbocycles. The Morgan fingerprint density at radius 1 is 1.00 bits per heavy atom. The van der Waals surface area contributed by atoms with E-state index in [1.54, 1.807) is 12.1 Å². The number of alkyl halides is 2. The lowest BCUT2D eigenvalue weighted by molar-refractivity contribution is -0.133. The number of amides is 2. The van der Waals surface area contributed by atoms with Crippen molar-refractivity contribution in [3.05, 3.63) is 42.0 Å². The van der Waals surface area contributed by atoms with Gasteiger partial charge in [0.1, 0.15) is 11.6 Å². The predicted octanol–water partition coefficient (Wildman–Crippen LogP) is 3.95. The molecule has 2 aromatic carbocycles. The Bertz CT molecular complexity index is 1310. The Labute approximate surface area is 243 Å². The first-order valence-electron chi connectivity index (χ1n) is 14.3. The zero-order chi connectivity index (χ0) is 30.1. The minimum absolute atomic E-state index is 0.0686. The van der Waals surface area contributed by atoms with Gasteiger partial charge in [0.05, 0.1) is 36.2 Å². The molecule has 228 valence electrons. The highest BCUT2D eigenvalue weighted by Gasteiger charge is 2.40. The van der Waals surface area contributed by atoms with Gasteiger partial charge >= 0.3 is 0 Å². The van der Waals surface area contributed by atoms with Gasteiger partial charge in [-0.1, -0.05) is 6.07 Å². The van der Waals surface area contributed by atoms with Crippen LogP contribution in [0.1, 0.15) is 20.3 Å². The Hall–Kier alpha value is -3.38. The number of hydrogen-bond acceptors (Lipinski definition) is 6. The van der Waals surface area contributed by atoms with Crippen LogP contribution in [-0.2, 0) is 14.3 Å². The first kappa shape index (κ1) is 30.1. The van der Waals surface area contributed by atoms with Crippen LogP contribution in [0.5, 0.6) is 0 Å². The molecule has 2 aromatic rings. The van der Waals surface area contributed by atoms with E-state index in [1.807, 2.05) is 30.7 Å². The summed E-state index contributed by atoms with van der Waals surface area (Å²) in [6.07, 6.45) is -3.32. The van der Waals surface area contributed by atoms with Crippen LogP contribution in [0.3, 0.4) is 0 Å². The lowest BCUT2D eigenvalue weighted by Gasteiger charge is -2.44. The van der Waals surface area contributed by atoms with Crippen molar-refractivity contribution in [3.8, 4) is 11.1 Å². The number of piperazine rings is 1. The van der Waals surface area contributed by atoms with Crippen molar-refractivity contribution in [1.29, 1.82) is 0 Å². The number of hydrogen-bond donors (Lipinski definition) is 2. The van der Waals surface area contributed by atoms with Crippen LogP contribution >= 0.6 is 0 Å². The van der Waals surface area contributed by atoms with E-state index in [2.05, 4.69) is 15.5 Å². The molecule has 42 heavy (non-hydrogen) atoms. The smallest absolute Gasteiger partial charge is 0.242 e. The third-order valence-corrected chi connectivity index (χ3v) is 8.77. The second-order valence-electron chi connectivity index (χ2n) is 11.5. The van der Waals surface area contributed by atoms with E-state index < -0.39 is 48.1 Å². The molecule has 0 radical (unpaired) electrons. The number of carbonyl (C=O) groups excluding carboxylic acids is 2. The lowest BCUT2D eigenvalue weighted by Crippen LogP contribution is -2.55.